The third-order valence-electron chi connectivity index (χ3n) is 3.55. The summed E-state index contributed by atoms with van der Waals surface area (Å²) in [5.41, 5.74) is 2.91. The van der Waals surface area contributed by atoms with Gasteiger partial charge in [0.2, 0.25) is 0 Å². The highest BCUT2D eigenvalue weighted by atomic mass is 14.9. The van der Waals surface area contributed by atoms with Gasteiger partial charge in [-0.05, 0) is 42.9 Å². The van der Waals surface area contributed by atoms with Crippen molar-refractivity contribution in [3.63, 3.8) is 0 Å². The maximum atomic E-state index is 3.63. The van der Waals surface area contributed by atoms with Crippen LogP contribution in [-0.4, -0.2) is 6.54 Å². The van der Waals surface area contributed by atoms with Gasteiger partial charge in [-0.25, -0.2) is 0 Å². The second kappa shape index (κ2) is 4.36. The Morgan fingerprint density at radius 1 is 1.40 bits per heavy atom. The van der Waals surface area contributed by atoms with Crippen molar-refractivity contribution < 1.29 is 0 Å². The van der Waals surface area contributed by atoms with E-state index >= 15 is 0 Å². The van der Waals surface area contributed by atoms with E-state index in [-0.39, 0.29) is 0 Å². The van der Waals surface area contributed by atoms with Crippen molar-refractivity contribution in [1.82, 2.24) is 5.32 Å². The van der Waals surface area contributed by atoms with Crippen LogP contribution in [0.5, 0.6) is 0 Å². The standard InChI is InChI=1S/C14H21N/c1-4-15-14(13-9-11(13)3)12-8-6-5-7-10(12)2/h5-8,11,13-15H,4,9H2,1-3H3. The third-order valence-corrected chi connectivity index (χ3v) is 3.55. The fourth-order valence-electron chi connectivity index (χ4n) is 2.46. The van der Waals surface area contributed by atoms with Gasteiger partial charge in [0.15, 0.2) is 0 Å². The van der Waals surface area contributed by atoms with Crippen LogP contribution in [0, 0.1) is 18.8 Å². The summed E-state index contributed by atoms with van der Waals surface area (Å²) >= 11 is 0. The Labute approximate surface area is 92.9 Å². The van der Waals surface area contributed by atoms with Crippen molar-refractivity contribution in [1.29, 1.82) is 0 Å². The molecule has 0 spiro atoms. The quantitative estimate of drug-likeness (QED) is 0.791. The zero-order valence-electron chi connectivity index (χ0n) is 9.96. The van der Waals surface area contributed by atoms with Crippen LogP contribution >= 0.6 is 0 Å². The van der Waals surface area contributed by atoms with E-state index in [9.17, 15) is 0 Å². The zero-order valence-corrected chi connectivity index (χ0v) is 9.96. The molecule has 1 heteroatoms. The van der Waals surface area contributed by atoms with Crippen molar-refractivity contribution in [3.8, 4) is 0 Å². The van der Waals surface area contributed by atoms with E-state index in [0.29, 0.717) is 6.04 Å². The van der Waals surface area contributed by atoms with E-state index in [4.69, 9.17) is 0 Å². The molecule has 3 unspecified atom stereocenters. The lowest BCUT2D eigenvalue weighted by Crippen LogP contribution is -2.23. The maximum Gasteiger partial charge on any atom is 0.0353 e. The number of benzene rings is 1. The monoisotopic (exact) mass is 203 g/mol. The minimum absolute atomic E-state index is 0.575. The molecule has 3 atom stereocenters. The highest BCUT2D eigenvalue weighted by Crippen LogP contribution is 2.47. The van der Waals surface area contributed by atoms with Crippen molar-refractivity contribution in [2.24, 2.45) is 11.8 Å². The average molecular weight is 203 g/mol. The Bertz CT molecular complexity index is 332. The summed E-state index contributed by atoms with van der Waals surface area (Å²) in [5.74, 6) is 1.75. The summed E-state index contributed by atoms with van der Waals surface area (Å²) in [5, 5.41) is 3.63. The molecule has 1 aromatic rings. The minimum atomic E-state index is 0.575. The molecule has 1 saturated carbocycles. The molecular weight excluding hydrogens is 182 g/mol. The highest BCUT2D eigenvalue weighted by molar-refractivity contribution is 5.30. The van der Waals surface area contributed by atoms with E-state index < -0.39 is 0 Å². The molecule has 0 heterocycles. The van der Waals surface area contributed by atoms with Crippen LogP contribution in [0.1, 0.15) is 37.4 Å². The van der Waals surface area contributed by atoms with Gasteiger partial charge in [-0.3, -0.25) is 0 Å². The van der Waals surface area contributed by atoms with Crippen LogP contribution in [-0.2, 0) is 0 Å². The van der Waals surface area contributed by atoms with Crippen LogP contribution in [0.2, 0.25) is 0 Å². The first-order valence-corrected chi connectivity index (χ1v) is 6.03. The molecule has 0 bridgehead atoms. The molecule has 1 nitrogen and oxygen atoms in total. The smallest absolute Gasteiger partial charge is 0.0353 e. The molecule has 15 heavy (non-hydrogen) atoms. The molecule has 0 radical (unpaired) electrons. The Hall–Kier alpha value is -0.820. The van der Waals surface area contributed by atoms with Gasteiger partial charge in [0.05, 0.1) is 0 Å². The first-order valence-electron chi connectivity index (χ1n) is 6.03. The Balaban J connectivity index is 2.21. The minimum Gasteiger partial charge on any atom is -0.310 e. The van der Waals surface area contributed by atoms with Crippen LogP contribution in [0.4, 0.5) is 0 Å². The summed E-state index contributed by atoms with van der Waals surface area (Å²) in [7, 11) is 0. The second-order valence-corrected chi connectivity index (χ2v) is 4.77. The molecule has 0 aromatic heterocycles. The van der Waals surface area contributed by atoms with Gasteiger partial charge in [-0.1, -0.05) is 38.1 Å². The van der Waals surface area contributed by atoms with Gasteiger partial charge in [-0.2, -0.15) is 0 Å². The molecule has 1 aromatic carbocycles. The molecule has 0 aliphatic heterocycles. The molecule has 0 amide bonds. The Morgan fingerprint density at radius 2 is 2.07 bits per heavy atom. The fourth-order valence-corrected chi connectivity index (χ4v) is 2.46. The van der Waals surface area contributed by atoms with E-state index in [1.165, 1.54) is 17.5 Å². The summed E-state index contributed by atoms with van der Waals surface area (Å²) in [6, 6.07) is 9.34. The van der Waals surface area contributed by atoms with Crippen LogP contribution in [0.15, 0.2) is 24.3 Å². The van der Waals surface area contributed by atoms with Crippen LogP contribution in [0.25, 0.3) is 0 Å². The molecule has 2 rings (SSSR count). The van der Waals surface area contributed by atoms with E-state index in [1.807, 2.05) is 0 Å². The summed E-state index contributed by atoms with van der Waals surface area (Å²) in [6.07, 6.45) is 1.38. The van der Waals surface area contributed by atoms with Crippen molar-refractivity contribution >= 4 is 0 Å². The van der Waals surface area contributed by atoms with Gasteiger partial charge in [-0.15, -0.1) is 0 Å². The largest absolute Gasteiger partial charge is 0.310 e. The van der Waals surface area contributed by atoms with Crippen molar-refractivity contribution in [2.45, 2.75) is 33.2 Å². The molecule has 1 aliphatic carbocycles. The number of hydrogen-bond acceptors (Lipinski definition) is 1. The lowest BCUT2D eigenvalue weighted by atomic mass is 9.97. The van der Waals surface area contributed by atoms with Gasteiger partial charge >= 0.3 is 0 Å². The molecule has 1 fully saturated rings. The van der Waals surface area contributed by atoms with Crippen molar-refractivity contribution in [2.75, 3.05) is 6.54 Å². The Kier molecular flexibility index (Phi) is 3.11. The molecule has 82 valence electrons. The van der Waals surface area contributed by atoms with Gasteiger partial charge in [0.1, 0.15) is 0 Å². The number of rotatable bonds is 4. The summed E-state index contributed by atoms with van der Waals surface area (Å²) < 4.78 is 0. The lowest BCUT2D eigenvalue weighted by Gasteiger charge is -2.20. The first-order chi connectivity index (χ1) is 7.24. The summed E-state index contributed by atoms with van der Waals surface area (Å²) in [4.78, 5) is 0. The zero-order chi connectivity index (χ0) is 10.8. The van der Waals surface area contributed by atoms with Crippen LogP contribution < -0.4 is 5.32 Å². The van der Waals surface area contributed by atoms with Gasteiger partial charge in [0.25, 0.3) is 0 Å². The highest BCUT2D eigenvalue weighted by Gasteiger charge is 2.39. The normalized spacial score (nSPS) is 26.3. The van der Waals surface area contributed by atoms with Crippen LogP contribution in [0.3, 0.4) is 0 Å². The number of hydrogen-bond donors (Lipinski definition) is 1. The topological polar surface area (TPSA) is 12.0 Å². The maximum absolute atomic E-state index is 3.63. The fraction of sp³-hybridized carbons (Fsp3) is 0.571. The SMILES string of the molecule is CCNC(c1ccccc1C)C1CC1C. The predicted molar refractivity (Wildman–Crippen MR) is 64.9 cm³/mol. The molecular formula is C14H21N. The summed E-state index contributed by atoms with van der Waals surface area (Å²) in [6.45, 7) is 7.82. The average Bonchev–Trinajstić information content (AvgIpc) is 2.93. The Morgan fingerprint density at radius 3 is 2.60 bits per heavy atom. The molecule has 1 aliphatic rings. The van der Waals surface area contributed by atoms with Gasteiger partial charge < -0.3 is 5.32 Å². The van der Waals surface area contributed by atoms with Gasteiger partial charge in [0, 0.05) is 6.04 Å². The number of nitrogens with one attached hydrogen (secondary N) is 1. The van der Waals surface area contributed by atoms with Crippen molar-refractivity contribution in [3.05, 3.63) is 35.4 Å². The lowest BCUT2D eigenvalue weighted by molar-refractivity contribution is 0.474. The second-order valence-electron chi connectivity index (χ2n) is 4.77. The predicted octanol–water partition coefficient (Wildman–Crippen LogP) is 3.30. The first kappa shape index (κ1) is 10.7. The molecule has 1 N–H and O–H groups in total. The third kappa shape index (κ3) is 2.23. The number of aryl methyl sites for hydroxylation is 1. The van der Waals surface area contributed by atoms with E-state index in [1.54, 1.807) is 0 Å². The molecule has 0 saturated heterocycles. The van der Waals surface area contributed by atoms with E-state index in [0.717, 1.165) is 18.4 Å². The van der Waals surface area contributed by atoms with E-state index in [2.05, 4.69) is 50.4 Å².